The molecule has 0 unspecified atom stereocenters. The van der Waals surface area contributed by atoms with Gasteiger partial charge in [-0.05, 0) is 45.0 Å². The van der Waals surface area contributed by atoms with Gasteiger partial charge in [-0.2, -0.15) is 0 Å². The molecule has 0 aliphatic carbocycles. The van der Waals surface area contributed by atoms with Crippen molar-refractivity contribution < 1.29 is 0 Å². The molecule has 0 saturated heterocycles. The first-order valence-electron chi connectivity index (χ1n) is 5.89. The molecule has 0 saturated carbocycles. The van der Waals surface area contributed by atoms with E-state index in [1.54, 1.807) is 0 Å². The summed E-state index contributed by atoms with van der Waals surface area (Å²) in [6.07, 6.45) is 4.03. The van der Waals surface area contributed by atoms with Crippen molar-refractivity contribution in [2.45, 2.75) is 40.5 Å². The first-order chi connectivity index (χ1) is 7.60. The summed E-state index contributed by atoms with van der Waals surface area (Å²) < 4.78 is 2.12. The number of aliphatic imine (C=N–C) groups is 1. The van der Waals surface area contributed by atoms with Gasteiger partial charge in [0.15, 0.2) is 0 Å². The van der Waals surface area contributed by atoms with Gasteiger partial charge in [0.2, 0.25) is 0 Å². The molecule has 0 fully saturated rings. The van der Waals surface area contributed by atoms with Crippen molar-refractivity contribution in [2.75, 3.05) is 13.1 Å². The summed E-state index contributed by atoms with van der Waals surface area (Å²) in [4.78, 5) is 4.45. The Balaban J connectivity index is 4.93. The lowest BCUT2D eigenvalue weighted by atomic mass is 10.2. The Kier molecular flexibility index (Phi) is 9.55. The van der Waals surface area contributed by atoms with Crippen LogP contribution in [0.25, 0.3) is 0 Å². The Labute approximate surface area is 112 Å². The molecule has 92 valence electrons. The third-order valence-corrected chi connectivity index (χ3v) is 4.95. The van der Waals surface area contributed by atoms with E-state index >= 15 is 0 Å². The highest BCUT2D eigenvalue weighted by Crippen LogP contribution is 2.16. The second-order valence-electron chi connectivity index (χ2n) is 3.37. The molecule has 16 heavy (non-hydrogen) atoms. The summed E-state index contributed by atoms with van der Waals surface area (Å²) in [5.74, 6) is 0. The molecule has 0 rings (SSSR count). The second kappa shape index (κ2) is 9.36. The maximum Gasteiger partial charge on any atom is 0.674 e. The molecule has 0 radical (unpaired) electrons. The van der Waals surface area contributed by atoms with E-state index in [0.717, 1.165) is 31.6 Å². The Bertz CT molecular complexity index is 252. The molecule has 0 aromatic rings. The summed E-state index contributed by atoms with van der Waals surface area (Å²) in [5, 5.41) is 0. The van der Waals surface area contributed by atoms with Crippen molar-refractivity contribution in [2.24, 2.45) is 4.99 Å². The fourth-order valence-corrected chi connectivity index (χ4v) is 3.87. The Hall–Kier alpha value is 0.322. The summed E-state index contributed by atoms with van der Waals surface area (Å²) in [5.41, 5.74) is 2.33. The van der Waals surface area contributed by atoms with Crippen molar-refractivity contribution in [1.29, 1.82) is 0 Å². The van der Waals surface area contributed by atoms with Gasteiger partial charge in [-0.25, -0.2) is 20.1 Å². The average molecular weight is 279 g/mol. The van der Waals surface area contributed by atoms with Gasteiger partial charge in [-0.15, -0.1) is 0 Å². The van der Waals surface area contributed by atoms with Crippen molar-refractivity contribution in [1.82, 2.24) is 3.88 Å². The highest BCUT2D eigenvalue weighted by atomic mass is 35.7. The number of halogens is 2. The van der Waals surface area contributed by atoms with Crippen LogP contribution in [0.15, 0.2) is 16.8 Å². The summed E-state index contributed by atoms with van der Waals surface area (Å²) in [6, 6.07) is 0. The van der Waals surface area contributed by atoms with Gasteiger partial charge in [-0.1, -0.05) is 13.8 Å². The highest BCUT2D eigenvalue weighted by molar-refractivity contribution is 7.32. The van der Waals surface area contributed by atoms with E-state index in [1.807, 2.05) is 6.92 Å². The molecule has 0 atom stereocenters. The summed E-state index contributed by atoms with van der Waals surface area (Å²) in [7, 11) is 12.1. The first kappa shape index (κ1) is 16.3. The number of rotatable bonds is 7. The van der Waals surface area contributed by atoms with Gasteiger partial charge >= 0.3 is 12.5 Å². The molecule has 0 bridgehead atoms. The number of hydrogen-bond donors (Lipinski definition) is 0. The van der Waals surface area contributed by atoms with Crippen LogP contribution in [-0.2, 0) is 0 Å². The fourth-order valence-electron chi connectivity index (χ4n) is 1.51. The monoisotopic (exact) mass is 278 g/mol. The zero-order valence-corrected chi connectivity index (χ0v) is 13.3. The van der Waals surface area contributed by atoms with Crippen LogP contribution in [0.2, 0.25) is 0 Å². The number of nitrogens with zero attached hydrogens (tertiary/aromatic N) is 2. The Morgan fingerprint density at radius 2 is 1.81 bits per heavy atom. The topological polar surface area (TPSA) is 15.6 Å². The SMILES string of the molecule is CCN=C(/C=C(/CC)[N](CC)[Al]([Cl])[Cl])CC. The predicted molar refractivity (Wildman–Crippen MR) is 76.5 cm³/mol. The predicted octanol–water partition coefficient (Wildman–Crippen LogP) is 3.94. The van der Waals surface area contributed by atoms with Gasteiger partial charge in [0.05, 0.1) is 0 Å². The van der Waals surface area contributed by atoms with Crippen LogP contribution < -0.4 is 0 Å². The third-order valence-electron chi connectivity index (χ3n) is 2.36. The Morgan fingerprint density at radius 1 is 1.19 bits per heavy atom. The van der Waals surface area contributed by atoms with E-state index in [9.17, 15) is 0 Å². The van der Waals surface area contributed by atoms with E-state index in [0.29, 0.717) is 0 Å². The maximum atomic E-state index is 6.07. The van der Waals surface area contributed by atoms with Gasteiger partial charge < -0.3 is 3.88 Å². The van der Waals surface area contributed by atoms with Crippen LogP contribution in [0.3, 0.4) is 0 Å². The summed E-state index contributed by atoms with van der Waals surface area (Å²) in [6.45, 7) is 10.1. The first-order valence-corrected chi connectivity index (χ1v) is 9.90. The standard InChI is InChI=1S/C11H21N2.Al.2ClH/c1-5-10(12-7-3)9-11(6-2)13-8-4;;;/h9H,5-8H2,1-4H3;;2*1H/q-1;+3;;/p-2/b10-9-,13-11?;;;. The molecule has 0 N–H and O–H groups in total. The van der Waals surface area contributed by atoms with Gasteiger partial charge in [0.1, 0.15) is 0 Å². The van der Waals surface area contributed by atoms with Crippen molar-refractivity contribution in [3.8, 4) is 0 Å². The van der Waals surface area contributed by atoms with E-state index in [1.165, 1.54) is 5.70 Å². The maximum absolute atomic E-state index is 6.07. The van der Waals surface area contributed by atoms with Crippen LogP contribution >= 0.6 is 20.1 Å². The van der Waals surface area contributed by atoms with Crippen LogP contribution in [0, 0.1) is 0 Å². The minimum absolute atomic E-state index is 0.825. The van der Waals surface area contributed by atoms with E-state index in [4.69, 9.17) is 20.1 Å². The van der Waals surface area contributed by atoms with E-state index < -0.39 is 12.5 Å². The highest BCUT2D eigenvalue weighted by Gasteiger charge is 2.23. The molecule has 0 aromatic carbocycles. The van der Waals surface area contributed by atoms with Crippen LogP contribution in [0.1, 0.15) is 40.5 Å². The molecule has 0 aliphatic rings. The van der Waals surface area contributed by atoms with E-state index in [-0.39, 0.29) is 0 Å². The molecular weight excluding hydrogens is 258 g/mol. The average Bonchev–Trinajstić information content (AvgIpc) is 2.26. The molecular formula is C11H21AlCl2N2. The van der Waals surface area contributed by atoms with Crippen molar-refractivity contribution in [3.63, 3.8) is 0 Å². The minimum Gasteiger partial charge on any atom is -0.441 e. The molecule has 0 aromatic heterocycles. The lowest BCUT2D eigenvalue weighted by Gasteiger charge is -2.25. The van der Waals surface area contributed by atoms with Crippen LogP contribution in [0.4, 0.5) is 0 Å². The zero-order valence-electron chi connectivity index (χ0n) is 10.6. The summed E-state index contributed by atoms with van der Waals surface area (Å²) >= 11 is -1.80. The normalized spacial score (nSPS) is 12.9. The molecule has 2 nitrogen and oxygen atoms in total. The zero-order chi connectivity index (χ0) is 12.6. The lowest BCUT2D eigenvalue weighted by Crippen LogP contribution is -2.30. The smallest absolute Gasteiger partial charge is 0.441 e. The molecule has 0 aliphatic heterocycles. The number of allylic oxidation sites excluding steroid dienone is 2. The van der Waals surface area contributed by atoms with Gasteiger partial charge in [0, 0.05) is 12.3 Å². The third kappa shape index (κ3) is 5.59. The number of hydrogen-bond acceptors (Lipinski definition) is 2. The second-order valence-corrected chi connectivity index (χ2v) is 7.70. The van der Waals surface area contributed by atoms with Gasteiger partial charge in [0.25, 0.3) is 0 Å². The molecule has 0 heterocycles. The minimum atomic E-state index is -1.80. The molecule has 0 spiro atoms. The van der Waals surface area contributed by atoms with Gasteiger partial charge in [-0.3, -0.25) is 4.99 Å². The lowest BCUT2D eigenvalue weighted by molar-refractivity contribution is 0.556. The molecule has 5 heteroatoms. The quantitative estimate of drug-likeness (QED) is 0.509. The Morgan fingerprint density at radius 3 is 2.12 bits per heavy atom. The molecule has 0 amide bonds. The largest absolute Gasteiger partial charge is 0.674 e. The van der Waals surface area contributed by atoms with Crippen LogP contribution in [0.5, 0.6) is 0 Å². The van der Waals surface area contributed by atoms with E-state index in [2.05, 4.69) is 35.7 Å². The fraction of sp³-hybridized carbons (Fsp3) is 0.727. The van der Waals surface area contributed by atoms with Crippen LogP contribution in [-0.4, -0.2) is 35.2 Å². The van der Waals surface area contributed by atoms with Crippen molar-refractivity contribution in [3.05, 3.63) is 11.8 Å². The van der Waals surface area contributed by atoms with Crippen molar-refractivity contribution >= 4 is 38.3 Å².